The first kappa shape index (κ1) is 16.9. The number of methoxy groups -OCH3 is 1. The molecule has 0 aromatic heterocycles. The highest BCUT2D eigenvalue weighted by Gasteiger charge is 2.65. The molecule has 4 aliphatic carbocycles. The summed E-state index contributed by atoms with van der Waals surface area (Å²) in [5.41, 5.74) is 5.53. The van der Waals surface area contributed by atoms with Crippen LogP contribution in [0.15, 0.2) is 0 Å². The van der Waals surface area contributed by atoms with Crippen LogP contribution in [0.25, 0.3) is 0 Å². The van der Waals surface area contributed by atoms with Crippen LogP contribution >= 0.6 is 22.6 Å². The van der Waals surface area contributed by atoms with E-state index in [9.17, 15) is 9.59 Å². The molecule has 0 radical (unpaired) electrons. The second-order valence-electron chi connectivity index (χ2n) is 8.06. The SMILES string of the molecule is COC(=O)C12CC3CC(C1)C(OC(=O)N1CCC(N)C1)C(C3)C2I. The number of carbonyl (C=O) groups excluding carboxylic acids is 2. The summed E-state index contributed by atoms with van der Waals surface area (Å²) in [6.07, 6.45) is 4.40. The summed E-state index contributed by atoms with van der Waals surface area (Å²) < 4.78 is 11.3. The van der Waals surface area contributed by atoms with Gasteiger partial charge in [-0.05, 0) is 43.9 Å². The van der Waals surface area contributed by atoms with E-state index >= 15 is 0 Å². The van der Waals surface area contributed by atoms with Crippen molar-refractivity contribution in [2.45, 2.75) is 48.2 Å². The fourth-order valence-corrected chi connectivity index (χ4v) is 7.16. The van der Waals surface area contributed by atoms with Crippen molar-refractivity contribution < 1.29 is 19.1 Å². The molecule has 7 unspecified atom stereocenters. The predicted octanol–water partition coefficient (Wildman–Crippen LogP) is 1.94. The van der Waals surface area contributed by atoms with Gasteiger partial charge in [0.15, 0.2) is 0 Å². The Bertz CT molecular complexity index is 559. The Balaban J connectivity index is 1.51. The summed E-state index contributed by atoms with van der Waals surface area (Å²) in [5.74, 6) is 1.04. The maximum atomic E-state index is 12.5. The fraction of sp³-hybridized carbons (Fsp3) is 0.882. The minimum absolute atomic E-state index is 0.0643. The molecule has 7 heteroatoms. The first-order chi connectivity index (χ1) is 11.4. The predicted molar refractivity (Wildman–Crippen MR) is 95.6 cm³/mol. The Morgan fingerprint density at radius 2 is 2.08 bits per heavy atom. The molecule has 1 saturated heterocycles. The van der Waals surface area contributed by atoms with Gasteiger partial charge in [0.05, 0.1) is 12.5 Å². The van der Waals surface area contributed by atoms with E-state index in [-0.39, 0.29) is 45.4 Å². The molecule has 5 rings (SSSR count). The number of hydrogen-bond donors (Lipinski definition) is 1. The third-order valence-corrected chi connectivity index (χ3v) is 8.74. The average molecular weight is 448 g/mol. The van der Waals surface area contributed by atoms with Crippen molar-refractivity contribution in [3.63, 3.8) is 0 Å². The third kappa shape index (κ3) is 2.45. The molecular formula is C17H25IN2O4. The molecule has 0 aromatic carbocycles. The van der Waals surface area contributed by atoms with Gasteiger partial charge in [-0.15, -0.1) is 0 Å². The number of hydrogen-bond acceptors (Lipinski definition) is 5. The van der Waals surface area contributed by atoms with E-state index in [1.807, 2.05) is 0 Å². The molecule has 0 aromatic rings. The summed E-state index contributed by atoms with van der Waals surface area (Å²) >= 11 is 2.41. The molecule has 1 amide bonds. The normalized spacial score (nSPS) is 46.2. The largest absolute Gasteiger partial charge is 0.469 e. The highest BCUT2D eigenvalue weighted by molar-refractivity contribution is 14.1. The first-order valence-electron chi connectivity index (χ1n) is 8.88. The van der Waals surface area contributed by atoms with Crippen molar-refractivity contribution in [3.05, 3.63) is 0 Å². The lowest BCUT2D eigenvalue weighted by atomic mass is 9.48. The number of esters is 1. The van der Waals surface area contributed by atoms with Gasteiger partial charge in [0.1, 0.15) is 6.10 Å². The van der Waals surface area contributed by atoms with Gasteiger partial charge in [0.25, 0.3) is 0 Å². The van der Waals surface area contributed by atoms with Crippen LogP contribution in [0.2, 0.25) is 0 Å². The molecule has 2 N–H and O–H groups in total. The Labute approximate surface area is 155 Å². The summed E-state index contributed by atoms with van der Waals surface area (Å²) in [6.45, 7) is 1.27. The monoisotopic (exact) mass is 448 g/mol. The number of rotatable bonds is 2. The minimum atomic E-state index is -0.370. The Morgan fingerprint density at radius 3 is 2.75 bits per heavy atom. The topological polar surface area (TPSA) is 81.9 Å². The number of alkyl halides is 1. The number of likely N-dealkylation sites (tertiary alicyclic amines) is 1. The van der Waals surface area contributed by atoms with E-state index in [1.165, 1.54) is 7.11 Å². The van der Waals surface area contributed by atoms with Crippen LogP contribution in [0, 0.1) is 23.2 Å². The van der Waals surface area contributed by atoms with Crippen LogP contribution < -0.4 is 5.73 Å². The maximum absolute atomic E-state index is 12.5. The molecule has 5 fully saturated rings. The molecule has 0 spiro atoms. The lowest BCUT2D eigenvalue weighted by Gasteiger charge is -2.60. The number of nitrogens with zero attached hydrogens (tertiary/aromatic N) is 1. The van der Waals surface area contributed by atoms with Gasteiger partial charge in [-0.25, -0.2) is 4.79 Å². The number of nitrogens with two attached hydrogens (primary N) is 1. The molecule has 5 aliphatic rings. The van der Waals surface area contributed by atoms with E-state index in [1.54, 1.807) is 4.90 Å². The summed E-state index contributed by atoms with van der Waals surface area (Å²) in [5, 5.41) is 0. The van der Waals surface area contributed by atoms with Crippen LogP contribution in [0.5, 0.6) is 0 Å². The lowest BCUT2D eigenvalue weighted by Crippen LogP contribution is -2.63. The van der Waals surface area contributed by atoms with Crippen LogP contribution in [0.4, 0.5) is 4.79 Å². The van der Waals surface area contributed by atoms with Crippen LogP contribution in [0.3, 0.4) is 0 Å². The maximum Gasteiger partial charge on any atom is 0.410 e. The van der Waals surface area contributed by atoms with Gasteiger partial charge in [-0.2, -0.15) is 0 Å². The van der Waals surface area contributed by atoms with Crippen molar-refractivity contribution in [1.29, 1.82) is 0 Å². The Hall–Kier alpha value is -0.570. The van der Waals surface area contributed by atoms with Gasteiger partial charge in [-0.3, -0.25) is 4.79 Å². The molecule has 1 aliphatic heterocycles. The van der Waals surface area contributed by atoms with E-state index in [4.69, 9.17) is 15.2 Å². The first-order valence-corrected chi connectivity index (χ1v) is 10.1. The molecule has 1 heterocycles. The Morgan fingerprint density at radius 1 is 1.29 bits per heavy atom. The zero-order chi connectivity index (χ0) is 17.1. The zero-order valence-electron chi connectivity index (χ0n) is 13.9. The van der Waals surface area contributed by atoms with Crippen molar-refractivity contribution in [3.8, 4) is 0 Å². The standard InChI is InChI=1S/C17H25IN2O4/c1-23-15(21)17-6-9-4-10(7-17)13(12(5-9)14(17)18)24-16(22)20-3-2-11(19)8-20/h9-14H,2-8,19H2,1H3. The van der Waals surface area contributed by atoms with Crippen molar-refractivity contribution in [1.82, 2.24) is 4.90 Å². The highest BCUT2D eigenvalue weighted by atomic mass is 127. The number of ether oxygens (including phenoxy) is 2. The van der Waals surface area contributed by atoms with E-state index in [2.05, 4.69) is 22.6 Å². The minimum Gasteiger partial charge on any atom is -0.469 e. The molecule has 134 valence electrons. The van der Waals surface area contributed by atoms with E-state index < -0.39 is 0 Å². The number of amides is 1. The second-order valence-corrected chi connectivity index (χ2v) is 9.40. The van der Waals surface area contributed by atoms with Crippen molar-refractivity contribution in [2.24, 2.45) is 28.9 Å². The number of carbonyl (C=O) groups is 2. The third-order valence-electron chi connectivity index (χ3n) is 6.62. The summed E-state index contributed by atoms with van der Waals surface area (Å²) in [4.78, 5) is 26.7. The van der Waals surface area contributed by atoms with Gasteiger partial charge in [-0.1, -0.05) is 22.6 Å². The van der Waals surface area contributed by atoms with Crippen molar-refractivity contribution in [2.75, 3.05) is 20.2 Å². The number of halogens is 1. The molecule has 24 heavy (non-hydrogen) atoms. The molecule has 6 nitrogen and oxygen atoms in total. The smallest absolute Gasteiger partial charge is 0.410 e. The van der Waals surface area contributed by atoms with Gasteiger partial charge in [0, 0.05) is 29.0 Å². The molecule has 7 atom stereocenters. The lowest BCUT2D eigenvalue weighted by molar-refractivity contribution is -0.178. The molecule has 4 bridgehead atoms. The Kier molecular flexibility index (Phi) is 4.22. The molecule has 4 saturated carbocycles. The van der Waals surface area contributed by atoms with Crippen molar-refractivity contribution >= 4 is 34.7 Å². The zero-order valence-corrected chi connectivity index (χ0v) is 16.1. The van der Waals surface area contributed by atoms with E-state index in [0.717, 1.165) is 32.1 Å². The summed E-state index contributed by atoms with van der Waals surface area (Å²) in [7, 11) is 1.48. The fourth-order valence-electron chi connectivity index (χ4n) is 5.69. The van der Waals surface area contributed by atoms with E-state index in [0.29, 0.717) is 19.0 Å². The van der Waals surface area contributed by atoms with Crippen LogP contribution in [-0.4, -0.2) is 53.2 Å². The van der Waals surface area contributed by atoms with Gasteiger partial charge in [0.2, 0.25) is 0 Å². The second kappa shape index (κ2) is 6.00. The summed E-state index contributed by atoms with van der Waals surface area (Å²) in [6, 6.07) is 0.0657. The molecular weight excluding hydrogens is 423 g/mol. The van der Waals surface area contributed by atoms with Crippen LogP contribution in [-0.2, 0) is 14.3 Å². The quantitative estimate of drug-likeness (QED) is 0.397. The van der Waals surface area contributed by atoms with Gasteiger partial charge >= 0.3 is 12.1 Å². The van der Waals surface area contributed by atoms with Gasteiger partial charge < -0.3 is 20.1 Å². The highest BCUT2D eigenvalue weighted by Crippen LogP contribution is 2.63. The van der Waals surface area contributed by atoms with Crippen LogP contribution in [0.1, 0.15) is 32.1 Å². The average Bonchev–Trinajstić information content (AvgIpc) is 3.00.